The number of likely N-dealkylation sites (N-methyl/N-ethyl adjacent to an activating group) is 1. The Morgan fingerprint density at radius 2 is 2.17 bits per heavy atom. The average molecular weight is 258 g/mol. The summed E-state index contributed by atoms with van der Waals surface area (Å²) < 4.78 is 11.0. The van der Waals surface area contributed by atoms with E-state index < -0.39 is 0 Å². The zero-order valence-corrected chi connectivity index (χ0v) is 12.4. The Bertz CT molecular complexity index is 206. The van der Waals surface area contributed by atoms with E-state index in [1.54, 1.807) is 7.11 Å². The maximum absolute atomic E-state index is 5.69. The Labute approximate surface area is 112 Å². The SMILES string of the molecule is COCC(CNCC(C)C)N(C)CC1CCCO1. The van der Waals surface area contributed by atoms with Gasteiger partial charge in [-0.05, 0) is 32.4 Å². The minimum atomic E-state index is 0.416. The van der Waals surface area contributed by atoms with Crippen molar-refractivity contribution in [2.45, 2.75) is 38.8 Å². The van der Waals surface area contributed by atoms with Crippen molar-refractivity contribution in [2.75, 3.05) is 47.0 Å². The molecule has 1 rings (SSSR count). The smallest absolute Gasteiger partial charge is 0.0702 e. The first-order valence-electron chi connectivity index (χ1n) is 7.15. The van der Waals surface area contributed by atoms with E-state index in [-0.39, 0.29) is 0 Å². The van der Waals surface area contributed by atoms with Gasteiger partial charge < -0.3 is 14.8 Å². The highest BCUT2D eigenvalue weighted by molar-refractivity contribution is 4.76. The molecule has 1 aliphatic heterocycles. The van der Waals surface area contributed by atoms with Crippen LogP contribution in [0.4, 0.5) is 0 Å². The third-order valence-electron chi connectivity index (χ3n) is 3.43. The van der Waals surface area contributed by atoms with Crippen molar-refractivity contribution in [3.05, 3.63) is 0 Å². The van der Waals surface area contributed by atoms with Gasteiger partial charge in [-0.25, -0.2) is 0 Å². The fourth-order valence-corrected chi connectivity index (χ4v) is 2.33. The first-order chi connectivity index (χ1) is 8.63. The molecule has 1 fully saturated rings. The fraction of sp³-hybridized carbons (Fsp3) is 1.00. The van der Waals surface area contributed by atoms with E-state index in [0.717, 1.165) is 32.8 Å². The molecule has 0 bridgehead atoms. The monoisotopic (exact) mass is 258 g/mol. The predicted molar refractivity (Wildman–Crippen MR) is 75.0 cm³/mol. The number of rotatable bonds is 9. The lowest BCUT2D eigenvalue weighted by atomic mass is 10.2. The molecule has 0 amide bonds. The first-order valence-corrected chi connectivity index (χ1v) is 7.15. The molecule has 4 heteroatoms. The van der Waals surface area contributed by atoms with Crippen LogP contribution in [0.3, 0.4) is 0 Å². The van der Waals surface area contributed by atoms with Gasteiger partial charge in [0, 0.05) is 32.8 Å². The minimum Gasteiger partial charge on any atom is -0.383 e. The van der Waals surface area contributed by atoms with Gasteiger partial charge in [0.2, 0.25) is 0 Å². The zero-order valence-electron chi connectivity index (χ0n) is 12.4. The number of nitrogens with one attached hydrogen (secondary N) is 1. The molecule has 1 N–H and O–H groups in total. The van der Waals surface area contributed by atoms with Gasteiger partial charge in [0.05, 0.1) is 12.7 Å². The van der Waals surface area contributed by atoms with E-state index in [0.29, 0.717) is 18.1 Å². The maximum atomic E-state index is 5.69. The molecule has 0 aromatic carbocycles. The second-order valence-electron chi connectivity index (χ2n) is 5.74. The van der Waals surface area contributed by atoms with Crippen LogP contribution in [0.25, 0.3) is 0 Å². The number of ether oxygens (including phenoxy) is 2. The molecule has 108 valence electrons. The lowest BCUT2D eigenvalue weighted by Crippen LogP contribution is -2.46. The van der Waals surface area contributed by atoms with E-state index in [2.05, 4.69) is 31.1 Å². The summed E-state index contributed by atoms with van der Waals surface area (Å²) in [7, 11) is 3.94. The molecule has 1 heterocycles. The summed E-state index contributed by atoms with van der Waals surface area (Å²) in [6.07, 6.45) is 2.82. The summed E-state index contributed by atoms with van der Waals surface area (Å²) in [5.41, 5.74) is 0. The summed E-state index contributed by atoms with van der Waals surface area (Å²) >= 11 is 0. The van der Waals surface area contributed by atoms with E-state index in [1.165, 1.54) is 12.8 Å². The van der Waals surface area contributed by atoms with Crippen LogP contribution in [0.1, 0.15) is 26.7 Å². The average Bonchev–Trinajstić information content (AvgIpc) is 2.80. The largest absolute Gasteiger partial charge is 0.383 e. The maximum Gasteiger partial charge on any atom is 0.0702 e. The van der Waals surface area contributed by atoms with Crippen molar-refractivity contribution in [1.82, 2.24) is 10.2 Å². The van der Waals surface area contributed by atoms with Crippen LogP contribution in [0, 0.1) is 5.92 Å². The van der Waals surface area contributed by atoms with Crippen LogP contribution in [0.2, 0.25) is 0 Å². The third kappa shape index (κ3) is 6.14. The van der Waals surface area contributed by atoms with E-state index in [1.807, 2.05) is 0 Å². The second-order valence-corrected chi connectivity index (χ2v) is 5.74. The van der Waals surface area contributed by atoms with Crippen molar-refractivity contribution < 1.29 is 9.47 Å². The predicted octanol–water partition coefficient (Wildman–Crippen LogP) is 1.36. The molecule has 1 aliphatic rings. The number of hydrogen-bond donors (Lipinski definition) is 1. The zero-order chi connectivity index (χ0) is 13.4. The van der Waals surface area contributed by atoms with Crippen molar-refractivity contribution >= 4 is 0 Å². The lowest BCUT2D eigenvalue weighted by molar-refractivity contribution is 0.0458. The molecule has 18 heavy (non-hydrogen) atoms. The molecule has 0 saturated carbocycles. The molecular weight excluding hydrogens is 228 g/mol. The van der Waals surface area contributed by atoms with E-state index in [9.17, 15) is 0 Å². The minimum absolute atomic E-state index is 0.416. The molecule has 4 nitrogen and oxygen atoms in total. The van der Waals surface area contributed by atoms with Crippen molar-refractivity contribution in [3.63, 3.8) is 0 Å². The third-order valence-corrected chi connectivity index (χ3v) is 3.43. The summed E-state index contributed by atoms with van der Waals surface area (Å²) in [5.74, 6) is 0.691. The highest BCUT2D eigenvalue weighted by Gasteiger charge is 2.21. The van der Waals surface area contributed by atoms with Gasteiger partial charge in [0.15, 0.2) is 0 Å². The molecule has 0 aromatic heterocycles. The van der Waals surface area contributed by atoms with Gasteiger partial charge in [-0.3, -0.25) is 4.90 Å². The summed E-state index contributed by atoms with van der Waals surface area (Å²) in [6, 6.07) is 0.429. The molecule has 0 aliphatic carbocycles. The van der Waals surface area contributed by atoms with Crippen LogP contribution in [-0.2, 0) is 9.47 Å². The summed E-state index contributed by atoms with van der Waals surface area (Å²) in [5, 5.41) is 3.51. The Hall–Kier alpha value is -0.160. The highest BCUT2D eigenvalue weighted by atomic mass is 16.5. The Balaban J connectivity index is 2.28. The molecule has 2 unspecified atom stereocenters. The second kappa shape index (κ2) is 8.86. The van der Waals surface area contributed by atoms with Gasteiger partial charge in [0.1, 0.15) is 0 Å². The van der Waals surface area contributed by atoms with Crippen LogP contribution in [0.5, 0.6) is 0 Å². The van der Waals surface area contributed by atoms with Crippen LogP contribution < -0.4 is 5.32 Å². The lowest BCUT2D eigenvalue weighted by Gasteiger charge is -2.30. The molecule has 1 saturated heterocycles. The van der Waals surface area contributed by atoms with Crippen molar-refractivity contribution in [1.29, 1.82) is 0 Å². The topological polar surface area (TPSA) is 33.7 Å². The first kappa shape index (κ1) is 15.9. The van der Waals surface area contributed by atoms with Crippen molar-refractivity contribution in [3.8, 4) is 0 Å². The standard InChI is InChI=1S/C14H30N2O2/c1-12(2)8-15-9-13(11-17-4)16(3)10-14-6-5-7-18-14/h12-15H,5-11H2,1-4H3. The Morgan fingerprint density at radius 1 is 1.39 bits per heavy atom. The number of hydrogen-bond acceptors (Lipinski definition) is 4. The molecular formula is C14H30N2O2. The summed E-state index contributed by atoms with van der Waals surface area (Å²) in [4.78, 5) is 2.37. The normalized spacial score (nSPS) is 22.0. The molecule has 0 radical (unpaired) electrons. The van der Waals surface area contributed by atoms with Gasteiger partial charge in [0.25, 0.3) is 0 Å². The highest BCUT2D eigenvalue weighted by Crippen LogP contribution is 2.13. The molecule has 0 spiro atoms. The molecule has 0 aromatic rings. The number of nitrogens with zero attached hydrogens (tertiary/aromatic N) is 1. The molecule has 2 atom stereocenters. The van der Waals surface area contributed by atoms with E-state index >= 15 is 0 Å². The van der Waals surface area contributed by atoms with Gasteiger partial charge in [-0.15, -0.1) is 0 Å². The van der Waals surface area contributed by atoms with Gasteiger partial charge in [-0.2, -0.15) is 0 Å². The summed E-state index contributed by atoms with van der Waals surface area (Å²) in [6.45, 7) is 9.22. The fourth-order valence-electron chi connectivity index (χ4n) is 2.33. The van der Waals surface area contributed by atoms with Crippen molar-refractivity contribution in [2.24, 2.45) is 5.92 Å². The van der Waals surface area contributed by atoms with Gasteiger partial charge >= 0.3 is 0 Å². The van der Waals surface area contributed by atoms with Crippen LogP contribution in [0.15, 0.2) is 0 Å². The van der Waals surface area contributed by atoms with E-state index in [4.69, 9.17) is 9.47 Å². The van der Waals surface area contributed by atoms with Crippen LogP contribution in [-0.4, -0.2) is 64.1 Å². The Morgan fingerprint density at radius 3 is 2.72 bits per heavy atom. The van der Waals surface area contributed by atoms with Gasteiger partial charge in [-0.1, -0.05) is 13.8 Å². The quantitative estimate of drug-likeness (QED) is 0.677. The Kier molecular flexibility index (Phi) is 7.82. The number of methoxy groups -OCH3 is 1. The van der Waals surface area contributed by atoms with Crippen LogP contribution >= 0.6 is 0 Å².